The normalized spacial score (nSPS) is 17.6. The van der Waals surface area contributed by atoms with E-state index in [1.54, 1.807) is 0 Å². The van der Waals surface area contributed by atoms with Gasteiger partial charge in [-0.05, 0) is 52.0 Å². The third-order valence-electron chi connectivity index (χ3n) is 4.44. The summed E-state index contributed by atoms with van der Waals surface area (Å²) >= 11 is 0. The van der Waals surface area contributed by atoms with Crippen LogP contribution in [-0.2, 0) is 22.5 Å². The Bertz CT molecular complexity index is 520. The van der Waals surface area contributed by atoms with E-state index in [0.29, 0.717) is 12.5 Å². The Morgan fingerprint density at radius 2 is 2.14 bits per heavy atom. The van der Waals surface area contributed by atoms with E-state index < -0.39 is 5.54 Å². The monoisotopic (exact) mass is 293 g/mol. The third-order valence-corrected chi connectivity index (χ3v) is 4.44. The zero-order valence-corrected chi connectivity index (χ0v) is 13.8. The van der Waals surface area contributed by atoms with Crippen molar-refractivity contribution in [2.24, 2.45) is 0 Å². The number of carbonyl (C=O) groups excluding carboxylic acids is 1. The van der Waals surface area contributed by atoms with Crippen molar-refractivity contribution in [3.63, 3.8) is 0 Å². The average molecular weight is 293 g/mol. The predicted octanol–water partition coefficient (Wildman–Crippen LogP) is 2.14. The van der Waals surface area contributed by atoms with Gasteiger partial charge in [0.1, 0.15) is 5.54 Å². The van der Waals surface area contributed by atoms with Crippen molar-refractivity contribution in [2.75, 3.05) is 7.11 Å². The van der Waals surface area contributed by atoms with E-state index in [1.807, 2.05) is 18.5 Å². The molecule has 2 rings (SSSR count). The van der Waals surface area contributed by atoms with Gasteiger partial charge in [0.05, 0.1) is 12.8 Å². The summed E-state index contributed by atoms with van der Waals surface area (Å²) in [7, 11) is 1.45. The zero-order valence-electron chi connectivity index (χ0n) is 13.8. The van der Waals surface area contributed by atoms with Crippen molar-refractivity contribution in [3.05, 3.63) is 17.0 Å². The van der Waals surface area contributed by atoms with Crippen LogP contribution in [0.4, 0.5) is 0 Å². The highest BCUT2D eigenvalue weighted by molar-refractivity contribution is 5.80. The van der Waals surface area contributed by atoms with Crippen LogP contribution in [0.3, 0.4) is 0 Å². The lowest BCUT2D eigenvalue weighted by atomic mass is 9.97. The van der Waals surface area contributed by atoms with Crippen molar-refractivity contribution < 1.29 is 9.53 Å². The smallest absolute Gasteiger partial charge is 0.325 e. The quantitative estimate of drug-likeness (QED) is 0.783. The number of nitrogens with zero attached hydrogens (tertiary/aromatic N) is 2. The fraction of sp³-hybridized carbons (Fsp3) is 0.750. The molecule has 1 unspecified atom stereocenters. The highest BCUT2D eigenvalue weighted by Crippen LogP contribution is 2.25. The summed E-state index contributed by atoms with van der Waals surface area (Å²) < 4.78 is 7.00. The molecule has 1 atom stereocenters. The van der Waals surface area contributed by atoms with Gasteiger partial charge in [-0.25, -0.2) is 0 Å². The molecule has 1 heterocycles. The van der Waals surface area contributed by atoms with Gasteiger partial charge in [0.15, 0.2) is 0 Å². The number of esters is 1. The van der Waals surface area contributed by atoms with Crippen LogP contribution in [0.5, 0.6) is 0 Å². The first-order chi connectivity index (χ1) is 9.91. The van der Waals surface area contributed by atoms with E-state index in [9.17, 15) is 4.79 Å². The molecule has 1 aromatic rings. The summed E-state index contributed by atoms with van der Waals surface area (Å²) in [4.78, 5) is 12.1. The largest absolute Gasteiger partial charge is 0.468 e. The predicted molar refractivity (Wildman–Crippen MR) is 82.3 cm³/mol. The molecule has 1 fully saturated rings. The van der Waals surface area contributed by atoms with Crippen LogP contribution in [0, 0.1) is 13.8 Å². The second-order valence-corrected chi connectivity index (χ2v) is 6.22. The van der Waals surface area contributed by atoms with E-state index >= 15 is 0 Å². The van der Waals surface area contributed by atoms with Gasteiger partial charge in [-0.3, -0.25) is 14.8 Å². The van der Waals surface area contributed by atoms with Gasteiger partial charge in [-0.2, -0.15) is 5.10 Å². The molecule has 5 heteroatoms. The Labute approximate surface area is 127 Å². The Balaban J connectivity index is 2.09. The summed E-state index contributed by atoms with van der Waals surface area (Å²) in [6.45, 7) is 8.95. The second-order valence-electron chi connectivity index (χ2n) is 6.22. The van der Waals surface area contributed by atoms with Crippen molar-refractivity contribution in [1.82, 2.24) is 15.1 Å². The molecule has 1 aliphatic carbocycles. The summed E-state index contributed by atoms with van der Waals surface area (Å²) in [5.74, 6) is -0.188. The van der Waals surface area contributed by atoms with Crippen LogP contribution in [0.25, 0.3) is 0 Å². The molecule has 0 aromatic carbocycles. The van der Waals surface area contributed by atoms with Gasteiger partial charge < -0.3 is 4.74 Å². The number of hydrogen-bond donors (Lipinski definition) is 1. The maximum Gasteiger partial charge on any atom is 0.325 e. The Morgan fingerprint density at radius 3 is 2.62 bits per heavy atom. The fourth-order valence-corrected chi connectivity index (χ4v) is 2.93. The maximum absolute atomic E-state index is 12.1. The lowest BCUT2D eigenvalue weighted by Crippen LogP contribution is -2.51. The standard InChI is InChI=1S/C16H27N3O2/c1-6-14-11(2)18-19(12(14)3)10-9-16(4,15(20)21-5)17-13-7-8-13/h13,17H,6-10H2,1-5H3. The fourth-order valence-electron chi connectivity index (χ4n) is 2.93. The average Bonchev–Trinajstić information content (AvgIpc) is 3.21. The van der Waals surface area contributed by atoms with Crippen molar-refractivity contribution in [3.8, 4) is 0 Å². The van der Waals surface area contributed by atoms with Crippen molar-refractivity contribution >= 4 is 5.97 Å². The number of methoxy groups -OCH3 is 1. The molecule has 0 aliphatic heterocycles. The molecule has 0 amide bonds. The van der Waals surface area contributed by atoms with Crippen molar-refractivity contribution in [2.45, 2.75) is 71.5 Å². The summed E-state index contributed by atoms with van der Waals surface area (Å²) in [6, 6.07) is 0.459. The number of aryl methyl sites for hydroxylation is 2. The molecule has 1 aromatic heterocycles. The molecule has 0 radical (unpaired) electrons. The third kappa shape index (κ3) is 3.46. The Morgan fingerprint density at radius 1 is 1.48 bits per heavy atom. The van der Waals surface area contributed by atoms with Crippen LogP contribution in [0.15, 0.2) is 0 Å². The van der Waals surface area contributed by atoms with Crippen LogP contribution >= 0.6 is 0 Å². The van der Waals surface area contributed by atoms with Crippen LogP contribution in [-0.4, -0.2) is 34.4 Å². The summed E-state index contributed by atoms with van der Waals surface area (Å²) in [6.07, 6.45) is 3.96. The molecule has 21 heavy (non-hydrogen) atoms. The number of aromatic nitrogens is 2. The number of hydrogen-bond acceptors (Lipinski definition) is 4. The second kappa shape index (κ2) is 6.18. The van der Waals surface area contributed by atoms with Gasteiger partial charge in [0, 0.05) is 18.3 Å². The molecule has 118 valence electrons. The van der Waals surface area contributed by atoms with Gasteiger partial charge in [-0.1, -0.05) is 6.92 Å². The number of ether oxygens (including phenoxy) is 1. The lowest BCUT2D eigenvalue weighted by molar-refractivity contribution is -0.148. The number of nitrogens with one attached hydrogen (secondary N) is 1. The molecular formula is C16H27N3O2. The highest BCUT2D eigenvalue weighted by atomic mass is 16.5. The van der Waals surface area contributed by atoms with Gasteiger partial charge in [0.2, 0.25) is 0 Å². The van der Waals surface area contributed by atoms with E-state index in [4.69, 9.17) is 4.74 Å². The molecular weight excluding hydrogens is 266 g/mol. The first-order valence-corrected chi connectivity index (χ1v) is 7.80. The molecule has 0 spiro atoms. The zero-order chi connectivity index (χ0) is 15.6. The van der Waals surface area contributed by atoms with Crippen LogP contribution in [0.1, 0.15) is 50.1 Å². The topological polar surface area (TPSA) is 56.2 Å². The maximum atomic E-state index is 12.1. The molecule has 1 saturated carbocycles. The first-order valence-electron chi connectivity index (χ1n) is 7.80. The summed E-state index contributed by atoms with van der Waals surface area (Å²) in [5.41, 5.74) is 2.97. The molecule has 5 nitrogen and oxygen atoms in total. The molecule has 1 aliphatic rings. The minimum Gasteiger partial charge on any atom is -0.468 e. The highest BCUT2D eigenvalue weighted by Gasteiger charge is 2.39. The van der Waals surface area contributed by atoms with Gasteiger partial charge in [0.25, 0.3) is 0 Å². The summed E-state index contributed by atoms with van der Waals surface area (Å²) in [5, 5.41) is 8.03. The van der Waals surface area contributed by atoms with Crippen molar-refractivity contribution in [1.29, 1.82) is 0 Å². The number of rotatable bonds is 7. The Hall–Kier alpha value is -1.36. The van der Waals surface area contributed by atoms with E-state index in [0.717, 1.165) is 31.5 Å². The van der Waals surface area contributed by atoms with Gasteiger partial charge >= 0.3 is 5.97 Å². The van der Waals surface area contributed by atoms with Crippen LogP contribution in [0.2, 0.25) is 0 Å². The number of carbonyl (C=O) groups is 1. The first kappa shape index (κ1) is 16.0. The van der Waals surface area contributed by atoms with E-state index in [1.165, 1.54) is 18.4 Å². The lowest BCUT2D eigenvalue weighted by Gasteiger charge is -2.28. The van der Waals surface area contributed by atoms with E-state index in [2.05, 4.69) is 24.3 Å². The molecule has 0 saturated heterocycles. The molecule has 1 N–H and O–H groups in total. The SMILES string of the molecule is CCc1c(C)nn(CCC(C)(NC2CC2)C(=O)OC)c1C. The molecule has 0 bridgehead atoms. The Kier molecular flexibility index (Phi) is 4.71. The minimum atomic E-state index is -0.630. The van der Waals surface area contributed by atoms with Crippen LogP contribution < -0.4 is 5.32 Å². The van der Waals surface area contributed by atoms with Gasteiger partial charge in [-0.15, -0.1) is 0 Å². The van der Waals surface area contributed by atoms with E-state index in [-0.39, 0.29) is 5.97 Å². The minimum absolute atomic E-state index is 0.188.